The Balaban J connectivity index is 2.78. The smallest absolute Gasteiger partial charge is 0.131 e. The Kier molecular flexibility index (Phi) is 4.57. The Labute approximate surface area is 111 Å². The summed E-state index contributed by atoms with van der Waals surface area (Å²) in [5, 5.41) is 7.54. The lowest BCUT2D eigenvalue weighted by Gasteiger charge is -2.19. The lowest BCUT2D eigenvalue weighted by molar-refractivity contribution is 0.242. The molecule has 94 valence electrons. The molecule has 0 spiro atoms. The van der Waals surface area contributed by atoms with Gasteiger partial charge in [-0.25, -0.2) is 0 Å². The number of nitrogen functional groups attached to an aromatic ring is 1. The lowest BCUT2D eigenvalue weighted by Crippen LogP contribution is -2.16. The zero-order valence-corrected chi connectivity index (χ0v) is 12.1. The van der Waals surface area contributed by atoms with Crippen molar-refractivity contribution in [3.8, 4) is 5.75 Å². The quantitative estimate of drug-likeness (QED) is 0.660. The number of ether oxygens (including phenoxy) is 1. The maximum atomic E-state index is 7.54. The summed E-state index contributed by atoms with van der Waals surface area (Å²) in [6, 6.07) is 5.57. The average Bonchev–Trinajstić information content (AvgIpc) is 2.14. The monoisotopic (exact) mass is 298 g/mol. The van der Waals surface area contributed by atoms with Crippen molar-refractivity contribution in [2.45, 2.75) is 27.2 Å². The van der Waals surface area contributed by atoms with Crippen LogP contribution in [-0.2, 0) is 0 Å². The second-order valence-electron chi connectivity index (χ2n) is 5.19. The third kappa shape index (κ3) is 4.38. The maximum absolute atomic E-state index is 7.54. The highest BCUT2D eigenvalue weighted by Gasteiger charge is 2.13. The number of hydrogen-bond acceptors (Lipinski definition) is 2. The van der Waals surface area contributed by atoms with Gasteiger partial charge in [0, 0.05) is 4.47 Å². The van der Waals surface area contributed by atoms with Crippen molar-refractivity contribution in [2.75, 3.05) is 6.61 Å². The van der Waals surface area contributed by atoms with Gasteiger partial charge in [-0.05, 0) is 39.9 Å². The van der Waals surface area contributed by atoms with Crippen LogP contribution in [-0.4, -0.2) is 12.4 Å². The molecule has 3 nitrogen and oxygen atoms in total. The number of rotatable bonds is 4. The predicted octanol–water partition coefficient (Wildman–Crippen LogP) is 3.55. The number of hydrogen-bond donors (Lipinski definition) is 2. The Hall–Kier alpha value is -1.03. The van der Waals surface area contributed by atoms with Crippen LogP contribution in [0, 0.1) is 10.8 Å². The van der Waals surface area contributed by atoms with Crippen LogP contribution in [0.4, 0.5) is 0 Å². The molecule has 0 unspecified atom stereocenters. The highest BCUT2D eigenvalue weighted by molar-refractivity contribution is 9.10. The molecule has 0 amide bonds. The molecule has 0 saturated carbocycles. The van der Waals surface area contributed by atoms with Crippen LogP contribution >= 0.6 is 15.9 Å². The number of nitrogens with two attached hydrogens (primary N) is 1. The Morgan fingerprint density at radius 1 is 1.41 bits per heavy atom. The van der Waals surface area contributed by atoms with Gasteiger partial charge >= 0.3 is 0 Å². The van der Waals surface area contributed by atoms with Crippen molar-refractivity contribution in [1.29, 1.82) is 5.41 Å². The molecular weight excluding hydrogens is 280 g/mol. The van der Waals surface area contributed by atoms with Crippen molar-refractivity contribution in [2.24, 2.45) is 11.1 Å². The van der Waals surface area contributed by atoms with Crippen LogP contribution in [0.2, 0.25) is 0 Å². The average molecular weight is 299 g/mol. The van der Waals surface area contributed by atoms with Crippen LogP contribution in [0.1, 0.15) is 32.8 Å². The summed E-state index contributed by atoms with van der Waals surface area (Å²) < 4.78 is 6.49. The third-order valence-corrected chi connectivity index (χ3v) is 3.02. The fraction of sp³-hybridized carbons (Fsp3) is 0.462. The normalized spacial score (nSPS) is 11.3. The number of halogens is 1. The van der Waals surface area contributed by atoms with Gasteiger partial charge in [0.15, 0.2) is 0 Å². The minimum atomic E-state index is 0.0169. The van der Waals surface area contributed by atoms with Crippen molar-refractivity contribution < 1.29 is 4.74 Å². The summed E-state index contributed by atoms with van der Waals surface area (Å²) in [5.74, 6) is 0.680. The molecule has 0 aromatic heterocycles. The van der Waals surface area contributed by atoms with Crippen LogP contribution in [0.15, 0.2) is 22.7 Å². The van der Waals surface area contributed by atoms with Gasteiger partial charge in [-0.2, -0.15) is 0 Å². The highest BCUT2D eigenvalue weighted by Crippen LogP contribution is 2.27. The van der Waals surface area contributed by atoms with Gasteiger partial charge in [-0.1, -0.05) is 26.8 Å². The Morgan fingerprint density at radius 3 is 2.59 bits per heavy atom. The maximum Gasteiger partial charge on any atom is 0.131 e. The largest absolute Gasteiger partial charge is 0.493 e. The summed E-state index contributed by atoms with van der Waals surface area (Å²) >= 11 is 3.38. The van der Waals surface area contributed by atoms with E-state index in [9.17, 15) is 0 Å². The second-order valence-corrected chi connectivity index (χ2v) is 6.04. The number of amidine groups is 1. The van der Waals surface area contributed by atoms with E-state index in [2.05, 4.69) is 36.7 Å². The molecule has 0 atom stereocenters. The summed E-state index contributed by atoms with van der Waals surface area (Å²) in [6.07, 6.45) is 0.955. The molecule has 17 heavy (non-hydrogen) atoms. The van der Waals surface area contributed by atoms with Crippen LogP contribution in [0.25, 0.3) is 0 Å². The van der Waals surface area contributed by atoms with Crippen molar-refractivity contribution in [3.63, 3.8) is 0 Å². The van der Waals surface area contributed by atoms with E-state index in [-0.39, 0.29) is 11.3 Å². The summed E-state index contributed by atoms with van der Waals surface area (Å²) in [5.41, 5.74) is 6.41. The molecule has 0 aliphatic heterocycles. The molecule has 0 bridgehead atoms. The first-order chi connectivity index (χ1) is 7.81. The first-order valence-electron chi connectivity index (χ1n) is 5.57. The van der Waals surface area contributed by atoms with E-state index in [0.717, 1.165) is 10.9 Å². The van der Waals surface area contributed by atoms with E-state index in [4.69, 9.17) is 15.9 Å². The predicted molar refractivity (Wildman–Crippen MR) is 74.7 cm³/mol. The van der Waals surface area contributed by atoms with Gasteiger partial charge in [-0.3, -0.25) is 5.41 Å². The molecule has 1 aromatic carbocycles. The zero-order chi connectivity index (χ0) is 13.1. The molecule has 0 fully saturated rings. The van der Waals surface area contributed by atoms with E-state index < -0.39 is 0 Å². The van der Waals surface area contributed by atoms with Crippen LogP contribution in [0.3, 0.4) is 0 Å². The van der Waals surface area contributed by atoms with Gasteiger partial charge in [0.2, 0.25) is 0 Å². The lowest BCUT2D eigenvalue weighted by atomic mass is 9.93. The Morgan fingerprint density at radius 2 is 2.06 bits per heavy atom. The minimum absolute atomic E-state index is 0.0169. The van der Waals surface area contributed by atoms with E-state index in [0.29, 0.717) is 17.9 Å². The van der Waals surface area contributed by atoms with E-state index in [1.165, 1.54) is 0 Å². The minimum Gasteiger partial charge on any atom is -0.493 e. The van der Waals surface area contributed by atoms with Crippen LogP contribution < -0.4 is 10.5 Å². The van der Waals surface area contributed by atoms with Crippen molar-refractivity contribution in [3.05, 3.63) is 28.2 Å². The molecular formula is C13H19BrN2O. The molecule has 1 aromatic rings. The fourth-order valence-electron chi connectivity index (χ4n) is 1.35. The first-order valence-corrected chi connectivity index (χ1v) is 6.36. The summed E-state index contributed by atoms with van der Waals surface area (Å²) in [6.45, 7) is 7.13. The van der Waals surface area contributed by atoms with Gasteiger partial charge in [0.05, 0.1) is 12.2 Å². The van der Waals surface area contributed by atoms with E-state index >= 15 is 0 Å². The molecule has 0 radical (unpaired) electrons. The summed E-state index contributed by atoms with van der Waals surface area (Å²) in [4.78, 5) is 0. The van der Waals surface area contributed by atoms with Gasteiger partial charge < -0.3 is 10.5 Å². The molecule has 0 aliphatic carbocycles. The fourth-order valence-corrected chi connectivity index (χ4v) is 1.91. The topological polar surface area (TPSA) is 59.1 Å². The molecule has 0 saturated heterocycles. The molecule has 0 heterocycles. The van der Waals surface area contributed by atoms with Gasteiger partial charge in [0.25, 0.3) is 0 Å². The van der Waals surface area contributed by atoms with E-state index in [1.807, 2.05) is 18.2 Å². The first kappa shape index (κ1) is 14.0. The second kappa shape index (κ2) is 5.54. The number of nitrogens with one attached hydrogen (secondary N) is 1. The Bertz CT molecular complexity index is 410. The molecule has 1 rings (SSSR count). The van der Waals surface area contributed by atoms with Crippen molar-refractivity contribution >= 4 is 21.8 Å². The molecule has 0 aliphatic rings. The summed E-state index contributed by atoms with van der Waals surface area (Å²) in [7, 11) is 0. The van der Waals surface area contributed by atoms with Crippen molar-refractivity contribution in [1.82, 2.24) is 0 Å². The zero-order valence-electron chi connectivity index (χ0n) is 10.5. The molecule has 4 heteroatoms. The SMILES string of the molecule is CC(C)(C)CCOc1cccc(Br)c1C(=N)N. The van der Waals surface area contributed by atoms with Crippen LogP contribution in [0.5, 0.6) is 5.75 Å². The highest BCUT2D eigenvalue weighted by atomic mass is 79.9. The van der Waals surface area contributed by atoms with Gasteiger partial charge in [-0.15, -0.1) is 0 Å². The standard InChI is InChI=1S/C13H19BrN2O/c1-13(2,3)7-8-17-10-6-4-5-9(14)11(10)12(15)16/h4-6H,7-8H2,1-3H3,(H3,15,16). The molecule has 3 N–H and O–H groups in total. The number of benzene rings is 1. The van der Waals surface area contributed by atoms with E-state index in [1.54, 1.807) is 0 Å². The third-order valence-electron chi connectivity index (χ3n) is 2.35. The van der Waals surface area contributed by atoms with Gasteiger partial charge in [0.1, 0.15) is 11.6 Å².